The molecule has 0 spiro atoms. The number of pyridine rings is 1. The molecule has 4 rings (SSSR count). The molecule has 1 aliphatic rings. The highest BCUT2D eigenvalue weighted by molar-refractivity contribution is 5.59. The molecule has 30 heavy (non-hydrogen) atoms. The first-order chi connectivity index (χ1) is 14.5. The number of aromatic nitrogens is 3. The van der Waals surface area contributed by atoms with E-state index in [0.717, 1.165) is 17.0 Å². The molecule has 158 valence electrons. The third-order valence-electron chi connectivity index (χ3n) is 4.84. The lowest BCUT2D eigenvalue weighted by atomic mass is 10.1. The first-order valence-electron chi connectivity index (χ1n) is 9.88. The lowest BCUT2D eigenvalue weighted by Gasteiger charge is -2.28. The van der Waals surface area contributed by atoms with Crippen molar-refractivity contribution in [3.8, 4) is 22.9 Å². The maximum Gasteiger partial charge on any atom is 0.191 e. The van der Waals surface area contributed by atoms with E-state index < -0.39 is 12.4 Å². The minimum Gasteiger partial charge on any atom is -0.507 e. The Morgan fingerprint density at radius 3 is 2.70 bits per heavy atom. The molecule has 8 nitrogen and oxygen atoms in total. The molecule has 0 amide bonds. The third kappa shape index (κ3) is 4.16. The predicted molar refractivity (Wildman–Crippen MR) is 109 cm³/mol. The summed E-state index contributed by atoms with van der Waals surface area (Å²) in [5.41, 5.74) is 2.99. The molecule has 1 saturated heterocycles. The highest BCUT2D eigenvalue weighted by atomic mass is 16.7. The van der Waals surface area contributed by atoms with Gasteiger partial charge < -0.3 is 24.4 Å². The number of aromatic hydroxyl groups is 1. The Balaban J connectivity index is 1.60. The largest absolute Gasteiger partial charge is 0.507 e. The number of aliphatic hydroxyl groups excluding tert-OH is 1. The Bertz CT molecular complexity index is 996. The van der Waals surface area contributed by atoms with E-state index in [-0.39, 0.29) is 31.6 Å². The maximum atomic E-state index is 10.4. The number of ether oxygens (including phenoxy) is 3. The molecule has 0 unspecified atom stereocenters. The molecule has 1 aliphatic heterocycles. The molecule has 8 heteroatoms. The van der Waals surface area contributed by atoms with E-state index in [2.05, 4.69) is 23.9 Å². The van der Waals surface area contributed by atoms with E-state index >= 15 is 0 Å². The smallest absolute Gasteiger partial charge is 0.191 e. The van der Waals surface area contributed by atoms with Crippen molar-refractivity contribution in [2.75, 3.05) is 13.2 Å². The first-order valence-corrected chi connectivity index (χ1v) is 9.88. The lowest BCUT2D eigenvalue weighted by molar-refractivity contribution is -0.221. The van der Waals surface area contributed by atoms with Gasteiger partial charge in [0.25, 0.3) is 0 Å². The van der Waals surface area contributed by atoms with Crippen LogP contribution in [0.4, 0.5) is 0 Å². The average Bonchev–Trinajstić information content (AvgIpc) is 3.23. The van der Waals surface area contributed by atoms with Crippen molar-refractivity contribution >= 4 is 0 Å². The van der Waals surface area contributed by atoms with Crippen LogP contribution in [0, 0.1) is 0 Å². The SMILES string of the molecule is CC(C)n1nccc1-c1ncccc1COc1cccc(O)c1C1OCC(O)CO1. The molecule has 0 radical (unpaired) electrons. The van der Waals surface area contributed by atoms with Crippen molar-refractivity contribution in [2.24, 2.45) is 0 Å². The molecule has 2 N–H and O–H groups in total. The van der Waals surface area contributed by atoms with Gasteiger partial charge in [0.2, 0.25) is 0 Å². The van der Waals surface area contributed by atoms with Crippen LogP contribution in [0.15, 0.2) is 48.8 Å². The summed E-state index contributed by atoms with van der Waals surface area (Å²) in [6, 6.07) is 10.9. The number of hydrogen-bond acceptors (Lipinski definition) is 7. The van der Waals surface area contributed by atoms with Crippen LogP contribution >= 0.6 is 0 Å². The summed E-state index contributed by atoms with van der Waals surface area (Å²) in [4.78, 5) is 4.55. The summed E-state index contributed by atoms with van der Waals surface area (Å²) < 4.78 is 19.1. The molecule has 0 aliphatic carbocycles. The van der Waals surface area contributed by atoms with Gasteiger partial charge in [-0.1, -0.05) is 12.1 Å². The van der Waals surface area contributed by atoms with Gasteiger partial charge in [0.1, 0.15) is 24.2 Å². The highest BCUT2D eigenvalue weighted by Crippen LogP contribution is 2.38. The van der Waals surface area contributed by atoms with Crippen molar-refractivity contribution in [2.45, 2.75) is 38.9 Å². The van der Waals surface area contributed by atoms with E-state index in [9.17, 15) is 10.2 Å². The zero-order valence-corrected chi connectivity index (χ0v) is 16.9. The van der Waals surface area contributed by atoms with E-state index in [1.54, 1.807) is 30.6 Å². The van der Waals surface area contributed by atoms with Gasteiger partial charge in [-0.3, -0.25) is 9.67 Å². The zero-order valence-electron chi connectivity index (χ0n) is 16.9. The molecular weight excluding hydrogens is 386 g/mol. The van der Waals surface area contributed by atoms with Crippen molar-refractivity contribution in [1.29, 1.82) is 0 Å². The Morgan fingerprint density at radius 2 is 1.93 bits per heavy atom. The Hall–Kier alpha value is -2.94. The summed E-state index contributed by atoms with van der Waals surface area (Å²) in [7, 11) is 0. The van der Waals surface area contributed by atoms with E-state index in [0.29, 0.717) is 11.3 Å². The van der Waals surface area contributed by atoms with Gasteiger partial charge in [-0.15, -0.1) is 0 Å². The highest BCUT2D eigenvalue weighted by Gasteiger charge is 2.27. The molecular formula is C22H25N3O5. The number of nitrogens with zero attached hydrogens (tertiary/aromatic N) is 3. The van der Waals surface area contributed by atoms with Gasteiger partial charge in [-0.05, 0) is 38.1 Å². The van der Waals surface area contributed by atoms with Crippen LogP contribution in [0.25, 0.3) is 11.4 Å². The monoisotopic (exact) mass is 411 g/mol. The minimum atomic E-state index is -0.805. The number of benzene rings is 1. The van der Waals surface area contributed by atoms with E-state index in [1.807, 2.05) is 22.9 Å². The van der Waals surface area contributed by atoms with Crippen molar-refractivity contribution in [3.05, 3.63) is 59.9 Å². The quantitative estimate of drug-likeness (QED) is 0.642. The van der Waals surface area contributed by atoms with Crippen LogP contribution < -0.4 is 4.74 Å². The average molecular weight is 411 g/mol. The number of rotatable bonds is 6. The molecule has 0 atom stereocenters. The molecule has 1 fully saturated rings. The van der Waals surface area contributed by atoms with Gasteiger partial charge in [-0.25, -0.2) is 0 Å². The fourth-order valence-electron chi connectivity index (χ4n) is 3.41. The Kier molecular flexibility index (Phi) is 5.98. The Labute approximate surface area is 174 Å². The molecule has 3 aromatic rings. The van der Waals surface area contributed by atoms with Gasteiger partial charge in [-0.2, -0.15) is 5.10 Å². The van der Waals surface area contributed by atoms with Crippen molar-refractivity contribution in [1.82, 2.24) is 14.8 Å². The van der Waals surface area contributed by atoms with E-state index in [4.69, 9.17) is 14.2 Å². The second-order valence-corrected chi connectivity index (χ2v) is 7.40. The zero-order chi connectivity index (χ0) is 21.1. The molecule has 1 aromatic carbocycles. The predicted octanol–water partition coefficient (Wildman–Crippen LogP) is 3.22. The Morgan fingerprint density at radius 1 is 1.13 bits per heavy atom. The molecule has 0 bridgehead atoms. The summed E-state index contributed by atoms with van der Waals surface area (Å²) in [5.74, 6) is 0.460. The summed E-state index contributed by atoms with van der Waals surface area (Å²) in [5, 5.41) is 24.4. The summed E-state index contributed by atoms with van der Waals surface area (Å²) in [6.07, 6.45) is 2.01. The summed E-state index contributed by atoms with van der Waals surface area (Å²) in [6.45, 7) is 4.62. The molecule has 0 saturated carbocycles. The standard InChI is InChI=1S/C22H25N3O5/c1-14(2)25-17(8-10-24-25)21-15(5-4-9-23-21)11-28-19-7-3-6-18(27)20(19)22-29-12-16(26)13-30-22/h3-10,14,16,22,26-27H,11-13H2,1-2H3. The van der Waals surface area contributed by atoms with Crippen LogP contribution in [-0.2, 0) is 16.1 Å². The number of phenols is 1. The van der Waals surface area contributed by atoms with Crippen LogP contribution in [0.3, 0.4) is 0 Å². The fraction of sp³-hybridized carbons (Fsp3) is 0.364. The minimum absolute atomic E-state index is 0.0122. The van der Waals surface area contributed by atoms with E-state index in [1.165, 1.54) is 0 Å². The van der Waals surface area contributed by atoms with Gasteiger partial charge >= 0.3 is 0 Å². The first kappa shape index (κ1) is 20.3. The topological polar surface area (TPSA) is 98.9 Å². The number of phenolic OH excluding ortho intramolecular Hbond substituents is 1. The van der Waals surface area contributed by atoms with Gasteiger partial charge in [0.05, 0.1) is 30.2 Å². The third-order valence-corrected chi connectivity index (χ3v) is 4.84. The maximum absolute atomic E-state index is 10.4. The van der Waals surface area contributed by atoms with Crippen LogP contribution in [0.1, 0.15) is 37.3 Å². The molecule has 3 heterocycles. The fourth-order valence-corrected chi connectivity index (χ4v) is 3.41. The second kappa shape index (κ2) is 8.83. The lowest BCUT2D eigenvalue weighted by Crippen LogP contribution is -2.31. The number of aliphatic hydroxyl groups is 1. The summed E-state index contributed by atoms with van der Waals surface area (Å²) >= 11 is 0. The van der Waals surface area contributed by atoms with Crippen LogP contribution in [-0.4, -0.2) is 44.3 Å². The second-order valence-electron chi connectivity index (χ2n) is 7.40. The molecule has 2 aromatic heterocycles. The van der Waals surface area contributed by atoms with Crippen molar-refractivity contribution < 1.29 is 24.4 Å². The van der Waals surface area contributed by atoms with Crippen LogP contribution in [0.2, 0.25) is 0 Å². The van der Waals surface area contributed by atoms with Crippen molar-refractivity contribution in [3.63, 3.8) is 0 Å². The van der Waals surface area contributed by atoms with Gasteiger partial charge in [0, 0.05) is 24.0 Å². The van der Waals surface area contributed by atoms with Crippen LogP contribution in [0.5, 0.6) is 11.5 Å². The number of hydrogen-bond donors (Lipinski definition) is 2. The normalized spacial score (nSPS) is 19.2. The van der Waals surface area contributed by atoms with Gasteiger partial charge in [0.15, 0.2) is 6.29 Å².